The molecule has 0 aromatic carbocycles. The fraction of sp³-hybridized carbons (Fsp3) is 0.682. The highest BCUT2D eigenvalue weighted by atomic mass is 16.2. The van der Waals surface area contributed by atoms with E-state index in [1.54, 1.807) is 12.4 Å². The second-order valence-electron chi connectivity index (χ2n) is 9.17. The van der Waals surface area contributed by atoms with Crippen molar-refractivity contribution in [2.75, 3.05) is 13.1 Å². The Morgan fingerprint density at radius 1 is 1.11 bits per heavy atom. The van der Waals surface area contributed by atoms with Crippen LogP contribution in [0.5, 0.6) is 0 Å². The van der Waals surface area contributed by atoms with Gasteiger partial charge in [-0.05, 0) is 80.5 Å². The van der Waals surface area contributed by atoms with Gasteiger partial charge in [0.15, 0.2) is 0 Å². The molecule has 1 aromatic rings. The van der Waals surface area contributed by atoms with Crippen LogP contribution < -0.4 is 10.6 Å². The number of carbonyl (C=O) groups is 2. The van der Waals surface area contributed by atoms with E-state index in [-0.39, 0.29) is 17.5 Å². The Hall–Kier alpha value is -1.95. The first-order valence-corrected chi connectivity index (χ1v) is 10.8. The van der Waals surface area contributed by atoms with E-state index in [0.29, 0.717) is 13.0 Å². The van der Waals surface area contributed by atoms with Crippen LogP contribution in [0.4, 0.5) is 4.79 Å². The zero-order valence-corrected chi connectivity index (χ0v) is 16.8. The molecular weight excluding hydrogens is 352 g/mol. The number of nitrogens with zero attached hydrogens (tertiary/aromatic N) is 2. The monoisotopic (exact) mass is 384 g/mol. The second kappa shape index (κ2) is 8.19. The summed E-state index contributed by atoms with van der Waals surface area (Å²) in [6.07, 6.45) is 11.2. The number of hydrogen-bond donors (Lipinski definition) is 2. The number of carbonyl (C=O) groups excluding carboxylic acids is 2. The standard InChI is InChI=1S/C22H32N4O2/c1-2-26(15-16-3-6-23-7-4-16)8-5-20(27)24-21(28)25-22-12-17-9-18(13-22)11-19(10-17)14-22/h3-4,6-7,17-19H,2,5,8-15H2,1H3,(H2,24,25,27,28). The Kier molecular flexibility index (Phi) is 5.67. The fourth-order valence-corrected chi connectivity index (χ4v) is 6.08. The molecule has 6 nitrogen and oxygen atoms in total. The van der Waals surface area contributed by atoms with E-state index >= 15 is 0 Å². The van der Waals surface area contributed by atoms with Crippen LogP contribution in [0.25, 0.3) is 0 Å². The largest absolute Gasteiger partial charge is 0.332 e. The molecule has 0 unspecified atom stereocenters. The third-order valence-electron chi connectivity index (χ3n) is 6.93. The van der Waals surface area contributed by atoms with Crippen LogP contribution in [0.3, 0.4) is 0 Å². The quantitative estimate of drug-likeness (QED) is 0.758. The number of urea groups is 1. The Balaban J connectivity index is 1.23. The molecule has 0 radical (unpaired) electrons. The molecule has 0 aliphatic heterocycles. The maximum Gasteiger partial charge on any atom is 0.321 e. The van der Waals surface area contributed by atoms with Gasteiger partial charge >= 0.3 is 6.03 Å². The van der Waals surface area contributed by atoms with Crippen LogP contribution in [0.15, 0.2) is 24.5 Å². The number of rotatable bonds is 7. The Labute approximate surface area is 167 Å². The van der Waals surface area contributed by atoms with Crippen molar-refractivity contribution in [2.24, 2.45) is 17.8 Å². The summed E-state index contributed by atoms with van der Waals surface area (Å²) in [5, 5.41) is 5.78. The molecular formula is C22H32N4O2. The number of amides is 3. The molecule has 1 heterocycles. The summed E-state index contributed by atoms with van der Waals surface area (Å²) in [6.45, 7) is 4.36. The average molecular weight is 385 g/mol. The molecule has 2 N–H and O–H groups in total. The van der Waals surface area contributed by atoms with E-state index in [2.05, 4.69) is 27.4 Å². The molecule has 3 amide bonds. The molecule has 4 aliphatic rings. The first-order valence-electron chi connectivity index (χ1n) is 10.8. The van der Waals surface area contributed by atoms with Crippen molar-refractivity contribution in [2.45, 2.75) is 64.0 Å². The minimum atomic E-state index is -0.302. The Morgan fingerprint density at radius 3 is 2.29 bits per heavy atom. The lowest BCUT2D eigenvalue weighted by Gasteiger charge is -2.56. The fourth-order valence-electron chi connectivity index (χ4n) is 6.08. The van der Waals surface area contributed by atoms with Gasteiger partial charge in [-0.25, -0.2) is 4.79 Å². The van der Waals surface area contributed by atoms with Gasteiger partial charge in [-0.3, -0.25) is 20.0 Å². The normalized spacial score (nSPS) is 30.4. The van der Waals surface area contributed by atoms with Crippen molar-refractivity contribution in [1.29, 1.82) is 0 Å². The molecule has 0 spiro atoms. The van der Waals surface area contributed by atoms with Gasteiger partial charge in [-0.2, -0.15) is 0 Å². The lowest BCUT2D eigenvalue weighted by molar-refractivity contribution is -0.120. The van der Waals surface area contributed by atoms with Gasteiger partial charge in [-0.1, -0.05) is 6.92 Å². The average Bonchev–Trinajstić information content (AvgIpc) is 2.64. The summed E-state index contributed by atoms with van der Waals surface area (Å²) in [5.41, 5.74) is 1.12. The van der Waals surface area contributed by atoms with Crippen molar-refractivity contribution in [3.05, 3.63) is 30.1 Å². The van der Waals surface area contributed by atoms with E-state index in [4.69, 9.17) is 0 Å². The summed E-state index contributed by atoms with van der Waals surface area (Å²) < 4.78 is 0. The second-order valence-corrected chi connectivity index (χ2v) is 9.17. The Bertz CT molecular complexity index is 670. The molecule has 4 aliphatic carbocycles. The van der Waals surface area contributed by atoms with Crippen molar-refractivity contribution < 1.29 is 9.59 Å². The molecule has 4 saturated carbocycles. The highest BCUT2D eigenvalue weighted by Crippen LogP contribution is 2.55. The maximum atomic E-state index is 12.5. The van der Waals surface area contributed by atoms with E-state index in [0.717, 1.165) is 50.1 Å². The maximum absolute atomic E-state index is 12.5. The molecule has 6 heteroatoms. The minimum absolute atomic E-state index is 0.0596. The molecule has 0 atom stereocenters. The summed E-state index contributed by atoms with van der Waals surface area (Å²) in [6, 6.07) is 3.67. The lowest BCUT2D eigenvalue weighted by Crippen LogP contribution is -2.61. The molecule has 0 saturated heterocycles. The van der Waals surface area contributed by atoms with Gasteiger partial charge in [-0.15, -0.1) is 0 Å². The number of hydrogen-bond acceptors (Lipinski definition) is 4. The van der Waals surface area contributed by atoms with Crippen LogP contribution in [0.1, 0.15) is 57.4 Å². The molecule has 4 bridgehead atoms. The van der Waals surface area contributed by atoms with Crippen molar-refractivity contribution >= 4 is 11.9 Å². The predicted octanol–water partition coefficient (Wildman–Crippen LogP) is 3.09. The number of nitrogens with one attached hydrogen (secondary N) is 2. The molecule has 152 valence electrons. The van der Waals surface area contributed by atoms with Gasteiger partial charge in [0.05, 0.1) is 0 Å². The van der Waals surface area contributed by atoms with Gasteiger partial charge in [0, 0.05) is 37.4 Å². The van der Waals surface area contributed by atoms with Gasteiger partial charge in [0.25, 0.3) is 0 Å². The number of imide groups is 1. The third kappa shape index (κ3) is 4.54. The van der Waals surface area contributed by atoms with E-state index in [9.17, 15) is 9.59 Å². The highest BCUT2D eigenvalue weighted by molar-refractivity contribution is 5.94. The summed E-state index contributed by atoms with van der Waals surface area (Å²) in [7, 11) is 0. The molecule has 4 fully saturated rings. The van der Waals surface area contributed by atoms with Crippen molar-refractivity contribution in [3.8, 4) is 0 Å². The van der Waals surface area contributed by atoms with E-state index < -0.39 is 0 Å². The van der Waals surface area contributed by atoms with Crippen LogP contribution in [0, 0.1) is 17.8 Å². The summed E-state index contributed by atoms with van der Waals surface area (Å²) >= 11 is 0. The van der Waals surface area contributed by atoms with Crippen LogP contribution >= 0.6 is 0 Å². The van der Waals surface area contributed by atoms with E-state index in [1.165, 1.54) is 24.8 Å². The van der Waals surface area contributed by atoms with E-state index in [1.807, 2.05) is 12.1 Å². The van der Waals surface area contributed by atoms with Gasteiger partial charge in [0.1, 0.15) is 0 Å². The lowest BCUT2D eigenvalue weighted by atomic mass is 9.53. The van der Waals surface area contributed by atoms with Crippen LogP contribution in [-0.4, -0.2) is 40.5 Å². The Morgan fingerprint density at radius 2 is 1.71 bits per heavy atom. The van der Waals surface area contributed by atoms with Crippen LogP contribution in [0.2, 0.25) is 0 Å². The number of aromatic nitrogens is 1. The summed E-state index contributed by atoms with van der Waals surface area (Å²) in [4.78, 5) is 31.0. The summed E-state index contributed by atoms with van der Waals surface area (Å²) in [5.74, 6) is 2.12. The van der Waals surface area contributed by atoms with Gasteiger partial charge in [0.2, 0.25) is 5.91 Å². The molecule has 1 aromatic heterocycles. The topological polar surface area (TPSA) is 74.3 Å². The molecule has 5 rings (SSSR count). The third-order valence-corrected chi connectivity index (χ3v) is 6.93. The zero-order chi connectivity index (χ0) is 19.6. The smallest absolute Gasteiger partial charge is 0.321 e. The zero-order valence-electron chi connectivity index (χ0n) is 16.8. The minimum Gasteiger partial charge on any atom is -0.332 e. The first-order chi connectivity index (χ1) is 13.5. The van der Waals surface area contributed by atoms with Crippen LogP contribution in [-0.2, 0) is 11.3 Å². The predicted molar refractivity (Wildman–Crippen MR) is 107 cm³/mol. The van der Waals surface area contributed by atoms with Crippen molar-refractivity contribution in [1.82, 2.24) is 20.5 Å². The molecule has 28 heavy (non-hydrogen) atoms. The first kappa shape index (κ1) is 19.4. The van der Waals surface area contributed by atoms with Gasteiger partial charge < -0.3 is 5.32 Å². The SMILES string of the molecule is CCN(CCC(=O)NC(=O)NC12CC3CC(CC(C3)C1)C2)Cc1ccncc1. The highest BCUT2D eigenvalue weighted by Gasteiger charge is 2.51. The number of pyridine rings is 1. The van der Waals surface area contributed by atoms with Crippen molar-refractivity contribution in [3.63, 3.8) is 0 Å².